The molecule has 2 atom stereocenters. The number of ether oxygens (including phenoxy) is 1. The Kier molecular flexibility index (Phi) is 6.51. The molecule has 2 heterocycles. The summed E-state index contributed by atoms with van der Waals surface area (Å²) in [5.41, 5.74) is 1.76. The van der Waals surface area contributed by atoms with Gasteiger partial charge in [0.2, 0.25) is 0 Å². The Labute approximate surface area is 174 Å². The lowest BCUT2D eigenvalue weighted by molar-refractivity contribution is -0.175. The highest BCUT2D eigenvalue weighted by molar-refractivity contribution is 5.48. The lowest BCUT2D eigenvalue weighted by Crippen LogP contribution is -2.54. The van der Waals surface area contributed by atoms with E-state index in [1.54, 1.807) is 12.1 Å². The van der Waals surface area contributed by atoms with Crippen LogP contribution in [-0.2, 0) is 11.3 Å². The summed E-state index contributed by atoms with van der Waals surface area (Å²) in [6, 6.07) is 17.6. The van der Waals surface area contributed by atoms with E-state index >= 15 is 0 Å². The van der Waals surface area contributed by atoms with Crippen molar-refractivity contribution in [2.75, 3.05) is 31.1 Å². The molecule has 4 rings (SSSR count). The van der Waals surface area contributed by atoms with Crippen LogP contribution in [0.3, 0.4) is 0 Å². The Balaban J connectivity index is 1.40. The molecule has 0 N–H and O–H groups in total. The maximum absolute atomic E-state index is 14.3. The second kappa shape index (κ2) is 9.27. The van der Waals surface area contributed by atoms with Crippen LogP contribution in [-0.4, -0.2) is 36.8 Å². The Hall–Kier alpha value is -1.91. The van der Waals surface area contributed by atoms with E-state index in [1.165, 1.54) is 24.8 Å². The molecule has 0 aromatic heterocycles. The van der Waals surface area contributed by atoms with Gasteiger partial charge in [-0.2, -0.15) is 0 Å². The molecule has 3 nitrogen and oxygen atoms in total. The van der Waals surface area contributed by atoms with E-state index in [0.717, 1.165) is 44.7 Å². The smallest absolute Gasteiger partial charge is 0.146 e. The topological polar surface area (TPSA) is 15.7 Å². The first-order valence-electron chi connectivity index (χ1n) is 11.1. The molecule has 0 spiro atoms. The summed E-state index contributed by atoms with van der Waals surface area (Å²) in [6.07, 6.45) is 5.84. The Morgan fingerprint density at radius 2 is 1.79 bits per heavy atom. The van der Waals surface area contributed by atoms with E-state index in [9.17, 15) is 4.39 Å². The first kappa shape index (κ1) is 20.4. The van der Waals surface area contributed by atoms with Crippen LogP contribution in [0.5, 0.6) is 0 Å². The fraction of sp³-hybridized carbons (Fsp3) is 0.520. The lowest BCUT2D eigenvalue weighted by Gasteiger charge is -2.47. The number of anilines is 1. The van der Waals surface area contributed by atoms with Gasteiger partial charge in [-0.3, -0.25) is 4.90 Å². The third kappa shape index (κ3) is 4.99. The highest BCUT2D eigenvalue weighted by Gasteiger charge is 2.37. The monoisotopic (exact) mass is 396 g/mol. The summed E-state index contributed by atoms with van der Waals surface area (Å²) in [5, 5.41) is 0. The number of rotatable bonds is 6. The molecule has 0 radical (unpaired) electrons. The summed E-state index contributed by atoms with van der Waals surface area (Å²) in [6.45, 7) is 6.88. The van der Waals surface area contributed by atoms with E-state index in [0.29, 0.717) is 12.5 Å². The molecule has 1 unspecified atom stereocenters. The van der Waals surface area contributed by atoms with E-state index < -0.39 is 0 Å². The number of benzene rings is 2. The number of hydrogen-bond donors (Lipinski definition) is 0. The molecule has 0 amide bonds. The molecule has 2 fully saturated rings. The zero-order valence-electron chi connectivity index (χ0n) is 17.5. The van der Waals surface area contributed by atoms with Crippen LogP contribution < -0.4 is 4.90 Å². The molecule has 0 aliphatic carbocycles. The average Bonchev–Trinajstić information content (AvgIpc) is 2.75. The largest absolute Gasteiger partial charge is 0.369 e. The normalized spacial score (nSPS) is 25.9. The average molecular weight is 397 g/mol. The number of para-hydroxylation sites is 1. The van der Waals surface area contributed by atoms with Crippen LogP contribution in [0.4, 0.5) is 10.1 Å². The number of piperidine rings is 2. The zero-order valence-corrected chi connectivity index (χ0v) is 17.5. The highest BCUT2D eigenvalue weighted by Crippen LogP contribution is 2.33. The molecule has 2 aliphatic rings. The quantitative estimate of drug-likeness (QED) is 0.645. The lowest BCUT2D eigenvalue weighted by atomic mass is 9.93. The minimum atomic E-state index is -0.214. The molecule has 2 aliphatic heterocycles. The van der Waals surface area contributed by atoms with E-state index in [2.05, 4.69) is 41.0 Å². The summed E-state index contributed by atoms with van der Waals surface area (Å²) < 4.78 is 20.8. The van der Waals surface area contributed by atoms with Gasteiger partial charge in [-0.1, -0.05) is 42.5 Å². The standard InChI is InChI=1S/C25H33FN2O/c1-25(29-20-21-10-3-2-4-11-21)15-7-8-17-28(25)19-22-12-9-16-27(18-22)24-14-6-5-13-23(24)26/h2-6,10-11,13-14,22H,7-9,12,15-20H2,1H3/t22-,25?/m1/s1. The molecular weight excluding hydrogens is 363 g/mol. The van der Waals surface area contributed by atoms with Crippen molar-refractivity contribution >= 4 is 5.69 Å². The molecular formula is C25H33FN2O. The molecule has 2 aromatic carbocycles. The van der Waals surface area contributed by atoms with Crippen molar-refractivity contribution in [3.8, 4) is 0 Å². The third-order valence-electron chi connectivity index (χ3n) is 6.57. The molecule has 0 bridgehead atoms. The second-order valence-corrected chi connectivity index (χ2v) is 8.76. The molecule has 2 saturated heterocycles. The maximum Gasteiger partial charge on any atom is 0.146 e. The van der Waals surface area contributed by atoms with Crippen molar-refractivity contribution in [2.45, 2.75) is 51.4 Å². The minimum absolute atomic E-state index is 0.109. The van der Waals surface area contributed by atoms with Crippen molar-refractivity contribution in [2.24, 2.45) is 5.92 Å². The maximum atomic E-state index is 14.3. The number of nitrogens with zero attached hydrogens (tertiary/aromatic N) is 2. The van der Waals surface area contributed by atoms with E-state index in [1.807, 2.05) is 18.2 Å². The number of hydrogen-bond acceptors (Lipinski definition) is 3. The Bertz CT molecular complexity index is 783. The molecule has 0 saturated carbocycles. The minimum Gasteiger partial charge on any atom is -0.369 e. The predicted octanol–water partition coefficient (Wildman–Crippen LogP) is 5.46. The van der Waals surface area contributed by atoms with E-state index in [-0.39, 0.29) is 11.5 Å². The van der Waals surface area contributed by atoms with Crippen LogP contribution in [0, 0.1) is 11.7 Å². The first-order chi connectivity index (χ1) is 14.1. The van der Waals surface area contributed by atoms with Crippen molar-refractivity contribution in [3.05, 3.63) is 66.0 Å². The van der Waals surface area contributed by atoms with Gasteiger partial charge in [0.05, 0.1) is 12.3 Å². The predicted molar refractivity (Wildman–Crippen MR) is 116 cm³/mol. The van der Waals surface area contributed by atoms with Crippen LogP contribution in [0.15, 0.2) is 54.6 Å². The van der Waals surface area contributed by atoms with Gasteiger partial charge in [0.25, 0.3) is 0 Å². The van der Waals surface area contributed by atoms with Gasteiger partial charge in [0.15, 0.2) is 0 Å². The number of likely N-dealkylation sites (tertiary alicyclic amines) is 1. The van der Waals surface area contributed by atoms with Crippen LogP contribution >= 0.6 is 0 Å². The third-order valence-corrected chi connectivity index (χ3v) is 6.57. The summed E-state index contributed by atoms with van der Waals surface area (Å²) in [5.74, 6) is 0.434. The van der Waals surface area contributed by atoms with Crippen LogP contribution in [0.2, 0.25) is 0 Å². The van der Waals surface area contributed by atoms with Gasteiger partial charge in [-0.15, -0.1) is 0 Å². The Morgan fingerprint density at radius 3 is 2.62 bits per heavy atom. The van der Waals surface area contributed by atoms with Crippen molar-refractivity contribution < 1.29 is 9.13 Å². The Morgan fingerprint density at radius 1 is 1.00 bits per heavy atom. The van der Waals surface area contributed by atoms with Gasteiger partial charge >= 0.3 is 0 Å². The van der Waals surface area contributed by atoms with E-state index in [4.69, 9.17) is 4.74 Å². The van der Waals surface area contributed by atoms with Crippen LogP contribution in [0.25, 0.3) is 0 Å². The van der Waals surface area contributed by atoms with Gasteiger partial charge in [0.1, 0.15) is 11.5 Å². The van der Waals surface area contributed by atoms with Crippen molar-refractivity contribution in [3.63, 3.8) is 0 Å². The van der Waals surface area contributed by atoms with Gasteiger partial charge in [-0.05, 0) is 62.6 Å². The summed E-state index contributed by atoms with van der Waals surface area (Å²) in [7, 11) is 0. The summed E-state index contributed by atoms with van der Waals surface area (Å²) >= 11 is 0. The second-order valence-electron chi connectivity index (χ2n) is 8.76. The van der Waals surface area contributed by atoms with Gasteiger partial charge in [0, 0.05) is 26.2 Å². The molecule has 156 valence electrons. The molecule has 29 heavy (non-hydrogen) atoms. The van der Waals surface area contributed by atoms with Gasteiger partial charge in [-0.25, -0.2) is 4.39 Å². The summed E-state index contributed by atoms with van der Waals surface area (Å²) in [4.78, 5) is 4.78. The first-order valence-corrected chi connectivity index (χ1v) is 11.1. The highest BCUT2D eigenvalue weighted by atomic mass is 19.1. The number of halogens is 1. The fourth-order valence-corrected chi connectivity index (χ4v) is 4.86. The van der Waals surface area contributed by atoms with Gasteiger partial charge < -0.3 is 9.64 Å². The zero-order chi connectivity index (χ0) is 20.1. The van der Waals surface area contributed by atoms with Crippen LogP contribution in [0.1, 0.15) is 44.6 Å². The van der Waals surface area contributed by atoms with Crippen molar-refractivity contribution in [1.82, 2.24) is 4.90 Å². The SMILES string of the molecule is CC1(OCc2ccccc2)CCCCN1C[C@@H]1CCCN(c2ccccc2F)C1. The van der Waals surface area contributed by atoms with Crippen molar-refractivity contribution in [1.29, 1.82) is 0 Å². The molecule has 2 aromatic rings. The fourth-order valence-electron chi connectivity index (χ4n) is 4.86. The molecule has 4 heteroatoms.